The molecular weight excluding hydrogens is 188 g/mol. The van der Waals surface area contributed by atoms with Crippen LogP contribution in [-0.4, -0.2) is 59.6 Å². The van der Waals surface area contributed by atoms with Crippen LogP contribution >= 0.6 is 0 Å². The Labute approximate surface area is 84.2 Å². The molecule has 1 fully saturated rings. The Hall–Kier alpha value is -0.200. The van der Waals surface area contributed by atoms with E-state index in [1.54, 1.807) is 28.4 Å². The smallest absolute Gasteiger partial charge is 0.186 e. The van der Waals surface area contributed by atoms with E-state index in [2.05, 4.69) is 0 Å². The van der Waals surface area contributed by atoms with E-state index in [0.29, 0.717) is 6.61 Å². The summed E-state index contributed by atoms with van der Waals surface area (Å²) < 4.78 is 26.4. The van der Waals surface area contributed by atoms with Gasteiger partial charge >= 0.3 is 0 Å². The fourth-order valence-electron chi connectivity index (χ4n) is 1.68. The van der Waals surface area contributed by atoms with Gasteiger partial charge in [0.05, 0.1) is 6.61 Å². The lowest BCUT2D eigenvalue weighted by molar-refractivity contribution is -0.276. The Morgan fingerprint density at radius 2 is 1.50 bits per heavy atom. The van der Waals surface area contributed by atoms with Gasteiger partial charge in [0, 0.05) is 28.4 Å². The molecule has 0 aromatic heterocycles. The van der Waals surface area contributed by atoms with Crippen LogP contribution in [0.3, 0.4) is 0 Å². The van der Waals surface area contributed by atoms with Gasteiger partial charge < -0.3 is 23.7 Å². The number of methoxy groups -OCH3 is 4. The van der Waals surface area contributed by atoms with Crippen LogP contribution in [0.5, 0.6) is 0 Å². The zero-order valence-corrected chi connectivity index (χ0v) is 9.06. The Morgan fingerprint density at radius 1 is 0.857 bits per heavy atom. The van der Waals surface area contributed by atoms with E-state index in [-0.39, 0.29) is 18.3 Å². The molecule has 0 radical (unpaired) electrons. The lowest BCUT2D eigenvalue weighted by Crippen LogP contribution is -2.55. The predicted octanol–water partition coefficient (Wildman–Crippen LogP) is 0.0341. The van der Waals surface area contributed by atoms with Crippen LogP contribution in [0.15, 0.2) is 0 Å². The Kier molecular flexibility index (Phi) is 4.77. The summed E-state index contributed by atoms with van der Waals surface area (Å²) in [6, 6.07) is 0. The molecule has 1 rings (SSSR count). The largest absolute Gasteiger partial charge is 0.376 e. The molecule has 0 aromatic rings. The van der Waals surface area contributed by atoms with Crippen molar-refractivity contribution in [2.24, 2.45) is 0 Å². The average Bonchev–Trinajstić information content (AvgIpc) is 2.26. The zero-order valence-electron chi connectivity index (χ0n) is 9.06. The number of hydrogen-bond donors (Lipinski definition) is 0. The molecule has 5 nitrogen and oxygen atoms in total. The van der Waals surface area contributed by atoms with Gasteiger partial charge in [-0.05, 0) is 0 Å². The molecule has 1 saturated heterocycles. The van der Waals surface area contributed by atoms with Crippen molar-refractivity contribution < 1.29 is 23.7 Å². The van der Waals surface area contributed by atoms with E-state index in [1.165, 1.54) is 0 Å². The monoisotopic (exact) mass is 206 g/mol. The molecule has 1 heterocycles. The summed E-state index contributed by atoms with van der Waals surface area (Å²) in [5, 5.41) is 0. The second-order valence-electron chi connectivity index (χ2n) is 3.11. The second kappa shape index (κ2) is 5.63. The van der Waals surface area contributed by atoms with Crippen molar-refractivity contribution in [1.29, 1.82) is 0 Å². The Bertz CT molecular complexity index is 145. The highest BCUT2D eigenvalue weighted by molar-refractivity contribution is 4.85. The lowest BCUT2D eigenvalue weighted by atomic mass is 10.0. The zero-order chi connectivity index (χ0) is 10.6. The third kappa shape index (κ3) is 2.24. The molecular formula is C9H18O5. The van der Waals surface area contributed by atoms with Crippen LogP contribution in [0.4, 0.5) is 0 Å². The molecule has 84 valence electrons. The van der Waals surface area contributed by atoms with Crippen LogP contribution in [0.2, 0.25) is 0 Å². The molecule has 4 atom stereocenters. The SMILES string of the molecule is COC1OC[C@@H](OC)[C@H](OC)C1OC. The van der Waals surface area contributed by atoms with Gasteiger partial charge in [0.2, 0.25) is 0 Å². The third-order valence-electron chi connectivity index (χ3n) is 2.46. The highest BCUT2D eigenvalue weighted by Crippen LogP contribution is 2.22. The molecule has 0 aliphatic carbocycles. The maximum atomic E-state index is 5.41. The van der Waals surface area contributed by atoms with Crippen molar-refractivity contribution in [2.75, 3.05) is 35.0 Å². The summed E-state index contributed by atoms with van der Waals surface area (Å²) in [6.45, 7) is 0.452. The van der Waals surface area contributed by atoms with Gasteiger partial charge in [-0.2, -0.15) is 0 Å². The fourth-order valence-corrected chi connectivity index (χ4v) is 1.68. The summed E-state index contributed by atoms with van der Waals surface area (Å²) in [4.78, 5) is 0. The molecule has 1 aliphatic rings. The van der Waals surface area contributed by atoms with Crippen molar-refractivity contribution in [1.82, 2.24) is 0 Å². The van der Waals surface area contributed by atoms with Gasteiger partial charge in [-0.25, -0.2) is 0 Å². The predicted molar refractivity (Wildman–Crippen MR) is 49.1 cm³/mol. The second-order valence-corrected chi connectivity index (χ2v) is 3.11. The molecule has 0 saturated carbocycles. The first-order valence-corrected chi connectivity index (χ1v) is 4.51. The number of rotatable bonds is 4. The molecule has 2 unspecified atom stereocenters. The highest BCUT2D eigenvalue weighted by Gasteiger charge is 2.41. The van der Waals surface area contributed by atoms with Crippen molar-refractivity contribution in [3.8, 4) is 0 Å². The standard InChI is InChI=1S/C9H18O5/c1-10-6-5-14-9(13-4)8(12-3)7(6)11-2/h6-9H,5H2,1-4H3/t6-,7+,8?,9?/m1/s1. The van der Waals surface area contributed by atoms with Crippen molar-refractivity contribution in [2.45, 2.75) is 24.6 Å². The normalized spacial score (nSPS) is 38.6. The highest BCUT2D eigenvalue weighted by atomic mass is 16.7. The Morgan fingerprint density at radius 3 is 1.93 bits per heavy atom. The summed E-state index contributed by atoms with van der Waals surface area (Å²) in [5.74, 6) is 0. The maximum Gasteiger partial charge on any atom is 0.186 e. The van der Waals surface area contributed by atoms with Gasteiger partial charge in [-0.15, -0.1) is 0 Å². The van der Waals surface area contributed by atoms with E-state index >= 15 is 0 Å². The summed E-state index contributed by atoms with van der Waals surface area (Å²) >= 11 is 0. The maximum absolute atomic E-state index is 5.41. The van der Waals surface area contributed by atoms with E-state index in [0.717, 1.165) is 0 Å². The van der Waals surface area contributed by atoms with E-state index in [9.17, 15) is 0 Å². The van der Waals surface area contributed by atoms with Crippen LogP contribution in [0.1, 0.15) is 0 Å². The molecule has 0 bridgehead atoms. The van der Waals surface area contributed by atoms with Crippen LogP contribution < -0.4 is 0 Å². The van der Waals surface area contributed by atoms with Gasteiger partial charge in [-0.1, -0.05) is 0 Å². The first-order chi connectivity index (χ1) is 6.78. The van der Waals surface area contributed by atoms with Crippen LogP contribution in [0.25, 0.3) is 0 Å². The van der Waals surface area contributed by atoms with Crippen LogP contribution in [-0.2, 0) is 23.7 Å². The number of hydrogen-bond acceptors (Lipinski definition) is 5. The van der Waals surface area contributed by atoms with Gasteiger partial charge in [0.15, 0.2) is 6.29 Å². The van der Waals surface area contributed by atoms with E-state index < -0.39 is 6.29 Å². The summed E-state index contributed by atoms with van der Waals surface area (Å²) in [6.07, 6.45) is -0.930. The minimum atomic E-state index is -0.392. The lowest BCUT2D eigenvalue weighted by Gasteiger charge is -2.39. The molecule has 0 amide bonds. The molecule has 0 aromatic carbocycles. The first kappa shape index (κ1) is 11.9. The minimum absolute atomic E-state index is 0.114. The van der Waals surface area contributed by atoms with Crippen molar-refractivity contribution >= 4 is 0 Å². The molecule has 0 spiro atoms. The fraction of sp³-hybridized carbons (Fsp3) is 1.00. The van der Waals surface area contributed by atoms with Crippen molar-refractivity contribution in [3.63, 3.8) is 0 Å². The van der Waals surface area contributed by atoms with E-state index in [1.807, 2.05) is 0 Å². The van der Waals surface area contributed by atoms with Gasteiger partial charge in [0.1, 0.15) is 18.3 Å². The molecule has 1 aliphatic heterocycles. The molecule has 14 heavy (non-hydrogen) atoms. The Balaban J connectivity index is 2.67. The van der Waals surface area contributed by atoms with Crippen molar-refractivity contribution in [3.05, 3.63) is 0 Å². The summed E-state index contributed by atoms with van der Waals surface area (Å²) in [5.41, 5.74) is 0. The molecule has 0 N–H and O–H groups in total. The van der Waals surface area contributed by atoms with Crippen LogP contribution in [0, 0.1) is 0 Å². The third-order valence-corrected chi connectivity index (χ3v) is 2.46. The molecule has 5 heteroatoms. The number of ether oxygens (including phenoxy) is 5. The minimum Gasteiger partial charge on any atom is -0.376 e. The van der Waals surface area contributed by atoms with E-state index in [4.69, 9.17) is 23.7 Å². The topological polar surface area (TPSA) is 46.2 Å². The first-order valence-electron chi connectivity index (χ1n) is 4.51. The summed E-state index contributed by atoms with van der Waals surface area (Å²) in [7, 11) is 6.43. The average molecular weight is 206 g/mol. The quantitative estimate of drug-likeness (QED) is 0.649. The van der Waals surface area contributed by atoms with Gasteiger partial charge in [-0.3, -0.25) is 0 Å². The van der Waals surface area contributed by atoms with Gasteiger partial charge in [0.25, 0.3) is 0 Å².